The number of aromatic nitrogens is 3. The second kappa shape index (κ2) is 5.75. The van der Waals surface area contributed by atoms with Gasteiger partial charge < -0.3 is 5.32 Å². The van der Waals surface area contributed by atoms with Crippen LogP contribution in [0.2, 0.25) is 0 Å². The van der Waals surface area contributed by atoms with Gasteiger partial charge in [0, 0.05) is 24.9 Å². The molecular formula is C16H22N4. The van der Waals surface area contributed by atoms with Crippen LogP contribution in [0.5, 0.6) is 0 Å². The zero-order valence-corrected chi connectivity index (χ0v) is 12.2. The Labute approximate surface area is 120 Å². The zero-order valence-electron chi connectivity index (χ0n) is 12.2. The van der Waals surface area contributed by atoms with Crippen molar-refractivity contribution in [3.63, 3.8) is 0 Å². The van der Waals surface area contributed by atoms with E-state index < -0.39 is 0 Å². The standard InChI is InChI=1S/C16H22N4/c1-3-8-20-16(18-11-19-20)10-15(17-2)14-9-12-6-4-5-7-13(12)14/h4-7,11,14-15,17H,3,8-10H2,1-2H3. The molecule has 0 aliphatic heterocycles. The number of likely N-dealkylation sites (N-methyl/N-ethyl adjacent to an activating group) is 1. The Balaban J connectivity index is 1.74. The molecule has 20 heavy (non-hydrogen) atoms. The van der Waals surface area contributed by atoms with Crippen molar-refractivity contribution in [3.8, 4) is 0 Å². The van der Waals surface area contributed by atoms with Gasteiger partial charge in [0.25, 0.3) is 0 Å². The highest BCUT2D eigenvalue weighted by Gasteiger charge is 2.32. The normalized spacial score (nSPS) is 18.4. The van der Waals surface area contributed by atoms with E-state index >= 15 is 0 Å². The largest absolute Gasteiger partial charge is 0.316 e. The molecule has 1 aromatic carbocycles. The summed E-state index contributed by atoms with van der Waals surface area (Å²) in [5, 5.41) is 7.79. The first kappa shape index (κ1) is 13.3. The zero-order chi connectivity index (χ0) is 13.9. The maximum absolute atomic E-state index is 4.43. The molecule has 106 valence electrons. The second-order valence-electron chi connectivity index (χ2n) is 5.51. The molecule has 4 nitrogen and oxygen atoms in total. The molecular weight excluding hydrogens is 248 g/mol. The van der Waals surface area contributed by atoms with Crippen LogP contribution in [-0.4, -0.2) is 27.9 Å². The van der Waals surface area contributed by atoms with Crippen molar-refractivity contribution in [2.75, 3.05) is 7.05 Å². The van der Waals surface area contributed by atoms with E-state index in [0.717, 1.165) is 25.2 Å². The molecule has 4 heteroatoms. The van der Waals surface area contributed by atoms with Crippen LogP contribution in [0.3, 0.4) is 0 Å². The lowest BCUT2D eigenvalue weighted by atomic mass is 9.72. The molecule has 0 saturated heterocycles. The Morgan fingerprint density at radius 3 is 3.00 bits per heavy atom. The van der Waals surface area contributed by atoms with Gasteiger partial charge in [0.1, 0.15) is 12.2 Å². The summed E-state index contributed by atoms with van der Waals surface area (Å²) in [7, 11) is 2.05. The van der Waals surface area contributed by atoms with E-state index in [1.807, 2.05) is 11.7 Å². The third kappa shape index (κ3) is 2.36. The molecule has 3 rings (SSSR count). The average Bonchev–Trinajstić information content (AvgIpc) is 2.87. The maximum atomic E-state index is 4.43. The summed E-state index contributed by atoms with van der Waals surface area (Å²) in [6, 6.07) is 9.19. The molecule has 2 aromatic rings. The first-order valence-corrected chi connectivity index (χ1v) is 7.45. The number of fused-ring (bicyclic) bond motifs is 1. The first-order valence-electron chi connectivity index (χ1n) is 7.45. The molecule has 1 aliphatic carbocycles. The third-order valence-electron chi connectivity index (χ3n) is 4.28. The highest BCUT2D eigenvalue weighted by molar-refractivity contribution is 5.41. The Bertz CT molecular complexity index is 575. The van der Waals surface area contributed by atoms with E-state index in [4.69, 9.17) is 0 Å². The van der Waals surface area contributed by atoms with E-state index in [2.05, 4.69) is 46.6 Å². The van der Waals surface area contributed by atoms with E-state index in [1.165, 1.54) is 17.5 Å². The molecule has 1 aliphatic rings. The minimum absolute atomic E-state index is 0.435. The number of benzene rings is 1. The number of nitrogens with one attached hydrogen (secondary N) is 1. The lowest BCUT2D eigenvalue weighted by Crippen LogP contribution is -2.40. The predicted octanol–water partition coefficient (Wildman–Crippen LogP) is 2.16. The van der Waals surface area contributed by atoms with E-state index in [1.54, 1.807) is 6.33 Å². The van der Waals surface area contributed by atoms with Gasteiger partial charge in [-0.05, 0) is 31.0 Å². The summed E-state index contributed by atoms with van der Waals surface area (Å²) in [6.07, 6.45) is 4.87. The first-order chi connectivity index (χ1) is 9.83. The lowest BCUT2D eigenvalue weighted by Gasteiger charge is -2.36. The highest BCUT2D eigenvalue weighted by atomic mass is 15.3. The minimum atomic E-state index is 0.435. The Hall–Kier alpha value is -1.68. The molecule has 1 N–H and O–H groups in total. The summed E-state index contributed by atoms with van der Waals surface area (Å²) >= 11 is 0. The quantitative estimate of drug-likeness (QED) is 0.874. The molecule has 0 radical (unpaired) electrons. The third-order valence-corrected chi connectivity index (χ3v) is 4.28. The average molecular weight is 270 g/mol. The summed E-state index contributed by atoms with van der Waals surface area (Å²) < 4.78 is 2.04. The van der Waals surface area contributed by atoms with Crippen molar-refractivity contribution in [3.05, 3.63) is 47.5 Å². The summed E-state index contributed by atoms with van der Waals surface area (Å²) in [6.45, 7) is 3.12. The van der Waals surface area contributed by atoms with Crippen molar-refractivity contribution < 1.29 is 0 Å². The molecule has 1 heterocycles. The SMILES string of the molecule is CCCn1ncnc1CC(NC)C1Cc2ccccc21. The van der Waals surface area contributed by atoms with Gasteiger partial charge in [0.2, 0.25) is 0 Å². The van der Waals surface area contributed by atoms with Crippen molar-refractivity contribution in [2.45, 2.75) is 44.7 Å². The summed E-state index contributed by atoms with van der Waals surface area (Å²) in [4.78, 5) is 4.43. The van der Waals surface area contributed by atoms with Gasteiger partial charge in [0.05, 0.1) is 0 Å². The van der Waals surface area contributed by atoms with Crippen molar-refractivity contribution in [1.29, 1.82) is 0 Å². The van der Waals surface area contributed by atoms with Gasteiger partial charge in [0.15, 0.2) is 0 Å². The molecule has 0 saturated carbocycles. The molecule has 2 unspecified atom stereocenters. The van der Waals surface area contributed by atoms with Crippen molar-refractivity contribution >= 4 is 0 Å². The van der Waals surface area contributed by atoms with Crippen LogP contribution in [0.15, 0.2) is 30.6 Å². The Morgan fingerprint density at radius 2 is 2.25 bits per heavy atom. The number of rotatable bonds is 6. The summed E-state index contributed by atoms with van der Waals surface area (Å²) in [5.74, 6) is 1.69. The fourth-order valence-electron chi connectivity index (χ4n) is 3.14. The van der Waals surface area contributed by atoms with Crippen molar-refractivity contribution in [1.82, 2.24) is 20.1 Å². The van der Waals surface area contributed by atoms with Gasteiger partial charge in [-0.3, -0.25) is 4.68 Å². The second-order valence-corrected chi connectivity index (χ2v) is 5.51. The molecule has 0 fully saturated rings. The van der Waals surface area contributed by atoms with Crippen LogP contribution >= 0.6 is 0 Å². The Morgan fingerprint density at radius 1 is 1.40 bits per heavy atom. The number of hydrogen-bond acceptors (Lipinski definition) is 3. The van der Waals surface area contributed by atoms with E-state index in [-0.39, 0.29) is 0 Å². The highest BCUT2D eigenvalue weighted by Crippen LogP contribution is 2.37. The van der Waals surface area contributed by atoms with Gasteiger partial charge in [-0.1, -0.05) is 31.2 Å². The maximum Gasteiger partial charge on any atom is 0.138 e. The van der Waals surface area contributed by atoms with Crippen LogP contribution in [0.25, 0.3) is 0 Å². The fraction of sp³-hybridized carbons (Fsp3) is 0.500. The molecule has 0 spiro atoms. The summed E-state index contributed by atoms with van der Waals surface area (Å²) in [5.41, 5.74) is 2.99. The minimum Gasteiger partial charge on any atom is -0.316 e. The number of aryl methyl sites for hydroxylation is 1. The van der Waals surface area contributed by atoms with Crippen molar-refractivity contribution in [2.24, 2.45) is 0 Å². The molecule has 0 amide bonds. The van der Waals surface area contributed by atoms with Crippen LogP contribution in [0.1, 0.15) is 36.2 Å². The van der Waals surface area contributed by atoms with Crippen LogP contribution < -0.4 is 5.32 Å². The molecule has 0 bridgehead atoms. The van der Waals surface area contributed by atoms with Gasteiger partial charge in [-0.15, -0.1) is 0 Å². The Kier molecular flexibility index (Phi) is 3.83. The van der Waals surface area contributed by atoms with Crippen LogP contribution in [0, 0.1) is 0 Å². The van der Waals surface area contributed by atoms with Gasteiger partial charge >= 0.3 is 0 Å². The van der Waals surface area contributed by atoms with Crippen LogP contribution in [0.4, 0.5) is 0 Å². The molecule has 2 atom stereocenters. The van der Waals surface area contributed by atoms with E-state index in [9.17, 15) is 0 Å². The monoisotopic (exact) mass is 270 g/mol. The number of nitrogens with zero attached hydrogens (tertiary/aromatic N) is 3. The van der Waals surface area contributed by atoms with Gasteiger partial charge in [-0.2, -0.15) is 5.10 Å². The number of hydrogen-bond donors (Lipinski definition) is 1. The fourth-order valence-corrected chi connectivity index (χ4v) is 3.14. The molecule has 1 aromatic heterocycles. The topological polar surface area (TPSA) is 42.7 Å². The van der Waals surface area contributed by atoms with Gasteiger partial charge in [-0.25, -0.2) is 4.98 Å². The smallest absolute Gasteiger partial charge is 0.138 e. The lowest BCUT2D eigenvalue weighted by molar-refractivity contribution is 0.406. The van der Waals surface area contributed by atoms with E-state index in [0.29, 0.717) is 12.0 Å². The predicted molar refractivity (Wildman–Crippen MR) is 79.8 cm³/mol. The van der Waals surface area contributed by atoms with Crippen LogP contribution in [-0.2, 0) is 19.4 Å².